The molecule has 0 amide bonds. The van der Waals surface area contributed by atoms with Gasteiger partial charge in [-0.25, -0.2) is 4.39 Å². The van der Waals surface area contributed by atoms with Crippen molar-refractivity contribution < 1.29 is 14.1 Å². The summed E-state index contributed by atoms with van der Waals surface area (Å²) in [4.78, 5) is 10.0. The van der Waals surface area contributed by atoms with Gasteiger partial charge in [0.25, 0.3) is 5.69 Å². The maximum Gasteiger partial charge on any atom is 0.275 e. The Kier molecular flexibility index (Phi) is 6.21. The maximum atomic E-state index is 13.6. The fraction of sp³-hybridized carbons (Fsp3) is 0.538. The van der Waals surface area contributed by atoms with Gasteiger partial charge in [-0.05, 0) is 38.9 Å². The zero-order valence-electron chi connectivity index (χ0n) is 11.2. The number of nitro groups is 1. The lowest BCUT2D eigenvalue weighted by atomic mass is 10.2. The van der Waals surface area contributed by atoms with E-state index in [0.29, 0.717) is 12.2 Å². The Balaban J connectivity index is 2.50. The highest BCUT2D eigenvalue weighted by molar-refractivity contribution is 5.45. The molecule has 1 aromatic carbocycles. The number of hydrogen-bond donors (Lipinski definition) is 1. The second-order valence-electron chi connectivity index (χ2n) is 4.28. The fourth-order valence-electron chi connectivity index (χ4n) is 1.63. The Morgan fingerprint density at radius 3 is 2.79 bits per heavy atom. The van der Waals surface area contributed by atoms with Crippen molar-refractivity contribution in [2.75, 3.05) is 19.7 Å². The Morgan fingerprint density at radius 1 is 1.42 bits per heavy atom. The van der Waals surface area contributed by atoms with E-state index in [0.717, 1.165) is 32.0 Å². The van der Waals surface area contributed by atoms with Crippen LogP contribution in [0.4, 0.5) is 10.1 Å². The third-order valence-electron chi connectivity index (χ3n) is 2.63. The molecule has 0 saturated heterocycles. The number of rotatable bonds is 8. The average Bonchev–Trinajstić information content (AvgIpc) is 2.36. The van der Waals surface area contributed by atoms with E-state index in [1.54, 1.807) is 6.92 Å². The standard InChI is InChI=1S/C13H19FN2O3/c1-3-5-15-6-4-7-19-13-8-10(2)12(16(17)18)9-11(13)14/h8-9,15H,3-7H2,1-2H3. The third kappa shape index (κ3) is 4.82. The second-order valence-corrected chi connectivity index (χ2v) is 4.28. The summed E-state index contributed by atoms with van der Waals surface area (Å²) in [5.74, 6) is -0.627. The number of hydrogen-bond acceptors (Lipinski definition) is 4. The summed E-state index contributed by atoms with van der Waals surface area (Å²) >= 11 is 0. The molecule has 1 aromatic rings. The molecule has 6 heteroatoms. The maximum absolute atomic E-state index is 13.6. The van der Waals surface area contributed by atoms with Crippen LogP contribution in [0.3, 0.4) is 0 Å². The quantitative estimate of drug-likeness (QED) is 0.448. The Labute approximate surface area is 111 Å². The van der Waals surface area contributed by atoms with Gasteiger partial charge in [0.1, 0.15) is 0 Å². The van der Waals surface area contributed by atoms with Crippen molar-refractivity contribution in [3.63, 3.8) is 0 Å². The van der Waals surface area contributed by atoms with E-state index in [2.05, 4.69) is 12.2 Å². The van der Waals surface area contributed by atoms with Crippen LogP contribution in [0.5, 0.6) is 5.75 Å². The van der Waals surface area contributed by atoms with Gasteiger partial charge in [0.2, 0.25) is 0 Å². The van der Waals surface area contributed by atoms with Crippen molar-refractivity contribution in [3.8, 4) is 5.75 Å². The molecule has 0 unspecified atom stereocenters. The van der Waals surface area contributed by atoms with E-state index in [9.17, 15) is 14.5 Å². The van der Waals surface area contributed by atoms with E-state index in [4.69, 9.17) is 4.74 Å². The van der Waals surface area contributed by atoms with Crippen molar-refractivity contribution in [3.05, 3.63) is 33.6 Å². The lowest BCUT2D eigenvalue weighted by molar-refractivity contribution is -0.385. The smallest absolute Gasteiger partial charge is 0.275 e. The van der Waals surface area contributed by atoms with Crippen LogP contribution in [-0.4, -0.2) is 24.6 Å². The number of nitro benzene ring substituents is 1. The van der Waals surface area contributed by atoms with Crippen LogP contribution in [0.25, 0.3) is 0 Å². The minimum atomic E-state index is -0.696. The van der Waals surface area contributed by atoms with Gasteiger partial charge in [0.15, 0.2) is 11.6 Å². The summed E-state index contributed by atoms with van der Waals surface area (Å²) in [5, 5.41) is 13.8. The molecule has 19 heavy (non-hydrogen) atoms. The number of halogens is 1. The lowest BCUT2D eigenvalue weighted by Gasteiger charge is -2.08. The summed E-state index contributed by atoms with van der Waals surface area (Å²) in [6.07, 6.45) is 1.83. The Hall–Kier alpha value is -1.69. The highest BCUT2D eigenvalue weighted by atomic mass is 19.1. The number of aryl methyl sites for hydroxylation is 1. The molecule has 0 aromatic heterocycles. The first-order valence-corrected chi connectivity index (χ1v) is 6.34. The molecule has 0 radical (unpaired) electrons. The molecule has 5 nitrogen and oxygen atoms in total. The molecule has 0 fully saturated rings. The SMILES string of the molecule is CCCNCCCOc1cc(C)c([N+](=O)[O-])cc1F. The zero-order valence-corrected chi connectivity index (χ0v) is 11.2. The van der Waals surface area contributed by atoms with Crippen molar-refractivity contribution >= 4 is 5.69 Å². The van der Waals surface area contributed by atoms with Gasteiger partial charge in [-0.3, -0.25) is 10.1 Å². The predicted octanol–water partition coefficient (Wildman–Crippen LogP) is 2.81. The van der Waals surface area contributed by atoms with E-state index >= 15 is 0 Å². The van der Waals surface area contributed by atoms with Crippen LogP contribution < -0.4 is 10.1 Å². The number of ether oxygens (including phenoxy) is 1. The molecule has 0 heterocycles. The zero-order chi connectivity index (χ0) is 14.3. The number of nitrogens with zero attached hydrogens (tertiary/aromatic N) is 1. The second kappa shape index (κ2) is 7.68. The van der Waals surface area contributed by atoms with Crippen molar-refractivity contribution in [1.29, 1.82) is 0 Å². The topological polar surface area (TPSA) is 64.4 Å². The summed E-state index contributed by atoms with van der Waals surface area (Å²) in [6, 6.07) is 2.27. The minimum Gasteiger partial charge on any atom is -0.490 e. The van der Waals surface area contributed by atoms with Gasteiger partial charge in [-0.15, -0.1) is 0 Å². The molecule has 0 aliphatic carbocycles. The predicted molar refractivity (Wildman–Crippen MR) is 71.1 cm³/mol. The summed E-state index contributed by atoms with van der Waals surface area (Å²) in [5.41, 5.74) is 0.167. The molecule has 0 spiro atoms. The normalized spacial score (nSPS) is 10.5. The molecule has 0 aliphatic heterocycles. The molecule has 0 bridgehead atoms. The molecule has 1 N–H and O–H groups in total. The first-order chi connectivity index (χ1) is 9.06. The summed E-state index contributed by atoms with van der Waals surface area (Å²) in [6.45, 7) is 5.78. The van der Waals surface area contributed by atoms with Crippen LogP contribution in [-0.2, 0) is 0 Å². The molecule has 0 aliphatic rings. The number of benzene rings is 1. The van der Waals surface area contributed by atoms with Crippen LogP contribution in [0, 0.1) is 22.9 Å². The highest BCUT2D eigenvalue weighted by Crippen LogP contribution is 2.26. The molecule has 0 saturated carbocycles. The van der Waals surface area contributed by atoms with Crippen LogP contribution in [0.2, 0.25) is 0 Å². The van der Waals surface area contributed by atoms with E-state index < -0.39 is 10.7 Å². The summed E-state index contributed by atoms with van der Waals surface area (Å²) in [7, 11) is 0. The fourth-order valence-corrected chi connectivity index (χ4v) is 1.63. The third-order valence-corrected chi connectivity index (χ3v) is 2.63. The molecular weight excluding hydrogens is 251 g/mol. The molecule has 106 valence electrons. The van der Waals surface area contributed by atoms with Gasteiger partial charge in [0, 0.05) is 5.56 Å². The van der Waals surface area contributed by atoms with E-state index in [1.165, 1.54) is 6.07 Å². The highest BCUT2D eigenvalue weighted by Gasteiger charge is 2.16. The summed E-state index contributed by atoms with van der Waals surface area (Å²) < 4.78 is 18.9. The van der Waals surface area contributed by atoms with Crippen LogP contribution in [0.15, 0.2) is 12.1 Å². The van der Waals surface area contributed by atoms with E-state index in [-0.39, 0.29) is 11.4 Å². The van der Waals surface area contributed by atoms with Crippen molar-refractivity contribution in [2.45, 2.75) is 26.7 Å². The first-order valence-electron chi connectivity index (χ1n) is 6.34. The Bertz CT molecular complexity index is 438. The first kappa shape index (κ1) is 15.4. The van der Waals surface area contributed by atoms with Crippen LogP contribution >= 0.6 is 0 Å². The van der Waals surface area contributed by atoms with Gasteiger partial charge in [0.05, 0.1) is 17.6 Å². The van der Waals surface area contributed by atoms with Crippen molar-refractivity contribution in [1.82, 2.24) is 5.32 Å². The Morgan fingerprint density at radius 2 is 2.16 bits per heavy atom. The lowest BCUT2D eigenvalue weighted by Crippen LogP contribution is -2.18. The molecular formula is C13H19FN2O3. The van der Waals surface area contributed by atoms with E-state index in [1.807, 2.05) is 0 Å². The molecule has 1 rings (SSSR count). The van der Waals surface area contributed by atoms with Crippen molar-refractivity contribution in [2.24, 2.45) is 0 Å². The monoisotopic (exact) mass is 270 g/mol. The van der Waals surface area contributed by atoms with Gasteiger partial charge in [-0.1, -0.05) is 6.92 Å². The van der Waals surface area contributed by atoms with Crippen LogP contribution in [0.1, 0.15) is 25.3 Å². The van der Waals surface area contributed by atoms with Gasteiger partial charge >= 0.3 is 0 Å². The average molecular weight is 270 g/mol. The largest absolute Gasteiger partial charge is 0.490 e. The minimum absolute atomic E-state index is 0.0681. The molecule has 0 atom stereocenters. The van der Waals surface area contributed by atoms with Gasteiger partial charge in [-0.2, -0.15) is 0 Å². The number of nitrogens with one attached hydrogen (secondary N) is 1. The van der Waals surface area contributed by atoms with Gasteiger partial charge < -0.3 is 10.1 Å².